The van der Waals surface area contributed by atoms with Gasteiger partial charge in [0, 0.05) is 45.0 Å². The second-order valence-electron chi connectivity index (χ2n) is 3.99. The molecule has 0 saturated carbocycles. The van der Waals surface area contributed by atoms with Crippen LogP contribution in [0.3, 0.4) is 0 Å². The van der Waals surface area contributed by atoms with Gasteiger partial charge in [0.15, 0.2) is 0 Å². The standard InChI is InChI=1S/C12H17N3O.ClH/c16-12(15-9-7-14-8-10-15)2-1-11-3-5-13-6-4-11;/h3-6,14H,1-2,7-10H2;1H. The first-order valence-electron chi connectivity index (χ1n) is 5.73. The second kappa shape index (κ2) is 7.25. The van der Waals surface area contributed by atoms with Crippen molar-refractivity contribution < 1.29 is 4.79 Å². The van der Waals surface area contributed by atoms with E-state index < -0.39 is 0 Å². The monoisotopic (exact) mass is 255 g/mol. The Bertz CT molecular complexity index is 339. The topological polar surface area (TPSA) is 45.2 Å². The molecule has 0 unspecified atom stereocenters. The van der Waals surface area contributed by atoms with E-state index in [0.717, 1.165) is 32.6 Å². The molecule has 1 fully saturated rings. The number of hydrogen-bond acceptors (Lipinski definition) is 3. The van der Waals surface area contributed by atoms with Crippen molar-refractivity contribution in [3.8, 4) is 0 Å². The van der Waals surface area contributed by atoms with Gasteiger partial charge in [-0.15, -0.1) is 12.4 Å². The molecule has 1 aromatic heterocycles. The average Bonchev–Trinajstić information content (AvgIpc) is 2.38. The van der Waals surface area contributed by atoms with Crippen LogP contribution in [0.15, 0.2) is 24.5 Å². The quantitative estimate of drug-likeness (QED) is 0.872. The highest BCUT2D eigenvalue weighted by atomic mass is 35.5. The van der Waals surface area contributed by atoms with Gasteiger partial charge in [0.1, 0.15) is 0 Å². The lowest BCUT2D eigenvalue weighted by Crippen LogP contribution is -2.46. The van der Waals surface area contributed by atoms with Gasteiger partial charge in [0.25, 0.3) is 0 Å². The van der Waals surface area contributed by atoms with E-state index in [1.807, 2.05) is 17.0 Å². The zero-order valence-electron chi connectivity index (χ0n) is 9.76. The zero-order chi connectivity index (χ0) is 11.2. The highest BCUT2D eigenvalue weighted by molar-refractivity contribution is 5.85. The van der Waals surface area contributed by atoms with E-state index in [-0.39, 0.29) is 18.3 Å². The summed E-state index contributed by atoms with van der Waals surface area (Å²) in [7, 11) is 0. The van der Waals surface area contributed by atoms with Crippen LogP contribution >= 0.6 is 12.4 Å². The number of piperazine rings is 1. The summed E-state index contributed by atoms with van der Waals surface area (Å²) in [4.78, 5) is 17.8. The van der Waals surface area contributed by atoms with Gasteiger partial charge < -0.3 is 10.2 Å². The number of aryl methyl sites for hydroxylation is 1. The SMILES string of the molecule is Cl.O=C(CCc1ccncc1)N1CCNCC1. The minimum Gasteiger partial charge on any atom is -0.340 e. The average molecular weight is 256 g/mol. The Balaban J connectivity index is 0.00000144. The highest BCUT2D eigenvalue weighted by Crippen LogP contribution is 2.04. The summed E-state index contributed by atoms with van der Waals surface area (Å²) in [6, 6.07) is 3.93. The maximum Gasteiger partial charge on any atom is 0.222 e. The lowest BCUT2D eigenvalue weighted by Gasteiger charge is -2.27. The third-order valence-electron chi connectivity index (χ3n) is 2.85. The Morgan fingerprint density at radius 2 is 1.94 bits per heavy atom. The first-order chi connectivity index (χ1) is 7.86. The number of aromatic nitrogens is 1. The molecule has 2 heterocycles. The Morgan fingerprint density at radius 3 is 2.59 bits per heavy atom. The van der Waals surface area contributed by atoms with Crippen LogP contribution < -0.4 is 5.32 Å². The van der Waals surface area contributed by atoms with Crippen LogP contribution in [0.2, 0.25) is 0 Å². The van der Waals surface area contributed by atoms with Crippen molar-refractivity contribution in [2.45, 2.75) is 12.8 Å². The third kappa shape index (κ3) is 4.32. The second-order valence-corrected chi connectivity index (χ2v) is 3.99. The van der Waals surface area contributed by atoms with Crippen molar-refractivity contribution in [1.29, 1.82) is 0 Å². The molecule has 5 heteroatoms. The highest BCUT2D eigenvalue weighted by Gasteiger charge is 2.15. The lowest BCUT2D eigenvalue weighted by atomic mass is 10.1. The molecule has 1 aromatic rings. The maximum atomic E-state index is 11.9. The molecule has 1 N–H and O–H groups in total. The minimum absolute atomic E-state index is 0. The fourth-order valence-electron chi connectivity index (χ4n) is 1.87. The summed E-state index contributed by atoms with van der Waals surface area (Å²) in [6.45, 7) is 3.52. The Kier molecular flexibility index (Phi) is 5.94. The molecule has 94 valence electrons. The van der Waals surface area contributed by atoms with Gasteiger partial charge in [-0.1, -0.05) is 0 Å². The number of pyridine rings is 1. The summed E-state index contributed by atoms with van der Waals surface area (Å²) in [5.41, 5.74) is 1.18. The van der Waals surface area contributed by atoms with Crippen LogP contribution in [0.5, 0.6) is 0 Å². The fraction of sp³-hybridized carbons (Fsp3) is 0.500. The number of halogens is 1. The van der Waals surface area contributed by atoms with Gasteiger partial charge >= 0.3 is 0 Å². The molecule has 1 saturated heterocycles. The Morgan fingerprint density at radius 1 is 1.29 bits per heavy atom. The molecule has 2 rings (SSSR count). The molecular weight excluding hydrogens is 238 g/mol. The van der Waals surface area contributed by atoms with Crippen LogP contribution in [0.4, 0.5) is 0 Å². The van der Waals surface area contributed by atoms with Crippen LogP contribution in [-0.2, 0) is 11.2 Å². The molecule has 0 radical (unpaired) electrons. The minimum atomic E-state index is 0. The molecule has 1 amide bonds. The molecule has 0 aliphatic carbocycles. The normalized spacial score (nSPS) is 15.2. The molecule has 4 nitrogen and oxygen atoms in total. The number of nitrogens with one attached hydrogen (secondary N) is 1. The van der Waals surface area contributed by atoms with Crippen LogP contribution in [-0.4, -0.2) is 42.0 Å². The summed E-state index contributed by atoms with van der Waals surface area (Å²) < 4.78 is 0. The van der Waals surface area contributed by atoms with E-state index in [0.29, 0.717) is 6.42 Å². The largest absolute Gasteiger partial charge is 0.340 e. The Labute approximate surface area is 108 Å². The molecule has 1 aliphatic heterocycles. The van der Waals surface area contributed by atoms with Crippen molar-refractivity contribution in [1.82, 2.24) is 15.2 Å². The fourth-order valence-corrected chi connectivity index (χ4v) is 1.87. The van der Waals surface area contributed by atoms with E-state index in [1.165, 1.54) is 5.56 Å². The molecule has 0 aromatic carbocycles. The number of carbonyl (C=O) groups is 1. The first kappa shape index (κ1) is 13.9. The number of carbonyl (C=O) groups excluding carboxylic acids is 1. The van der Waals surface area contributed by atoms with Crippen LogP contribution in [0.25, 0.3) is 0 Å². The molecule has 0 spiro atoms. The summed E-state index contributed by atoms with van der Waals surface area (Å²) in [5, 5.41) is 3.24. The third-order valence-corrected chi connectivity index (χ3v) is 2.85. The van der Waals surface area contributed by atoms with Gasteiger partial charge in [0.05, 0.1) is 0 Å². The van der Waals surface area contributed by atoms with E-state index in [1.54, 1.807) is 12.4 Å². The van der Waals surface area contributed by atoms with Crippen molar-refractivity contribution in [3.05, 3.63) is 30.1 Å². The summed E-state index contributed by atoms with van der Waals surface area (Å²) >= 11 is 0. The van der Waals surface area contributed by atoms with Crippen molar-refractivity contribution in [3.63, 3.8) is 0 Å². The molecular formula is C12H18ClN3O. The van der Waals surface area contributed by atoms with Gasteiger partial charge in [-0.2, -0.15) is 0 Å². The van der Waals surface area contributed by atoms with Gasteiger partial charge in [0.2, 0.25) is 5.91 Å². The van der Waals surface area contributed by atoms with Crippen LogP contribution in [0, 0.1) is 0 Å². The van der Waals surface area contributed by atoms with E-state index in [4.69, 9.17) is 0 Å². The van der Waals surface area contributed by atoms with E-state index in [9.17, 15) is 4.79 Å². The zero-order valence-corrected chi connectivity index (χ0v) is 10.6. The van der Waals surface area contributed by atoms with Crippen molar-refractivity contribution >= 4 is 18.3 Å². The summed E-state index contributed by atoms with van der Waals surface area (Å²) in [5.74, 6) is 0.262. The van der Waals surface area contributed by atoms with Gasteiger partial charge in [-0.25, -0.2) is 0 Å². The molecule has 0 atom stereocenters. The number of hydrogen-bond donors (Lipinski definition) is 1. The number of amides is 1. The first-order valence-corrected chi connectivity index (χ1v) is 5.73. The maximum absolute atomic E-state index is 11.9. The molecule has 1 aliphatic rings. The molecule has 17 heavy (non-hydrogen) atoms. The van der Waals surface area contributed by atoms with Crippen LogP contribution in [0.1, 0.15) is 12.0 Å². The lowest BCUT2D eigenvalue weighted by molar-refractivity contribution is -0.131. The number of nitrogens with zero attached hydrogens (tertiary/aromatic N) is 2. The van der Waals surface area contributed by atoms with Crippen molar-refractivity contribution in [2.24, 2.45) is 0 Å². The molecule has 0 bridgehead atoms. The Hall–Kier alpha value is -1.13. The van der Waals surface area contributed by atoms with E-state index in [2.05, 4.69) is 10.3 Å². The number of rotatable bonds is 3. The van der Waals surface area contributed by atoms with E-state index >= 15 is 0 Å². The van der Waals surface area contributed by atoms with Crippen molar-refractivity contribution in [2.75, 3.05) is 26.2 Å². The summed E-state index contributed by atoms with van der Waals surface area (Å²) in [6.07, 6.45) is 4.95. The smallest absolute Gasteiger partial charge is 0.222 e. The predicted molar refractivity (Wildman–Crippen MR) is 69.3 cm³/mol. The van der Waals surface area contributed by atoms with Gasteiger partial charge in [-0.3, -0.25) is 9.78 Å². The van der Waals surface area contributed by atoms with Gasteiger partial charge in [-0.05, 0) is 24.1 Å². The predicted octanol–water partition coefficient (Wildman–Crippen LogP) is 0.868.